The second-order valence-corrected chi connectivity index (χ2v) is 6.66. The van der Waals surface area contributed by atoms with E-state index in [1.54, 1.807) is 23.9 Å². The molecule has 1 unspecified atom stereocenters. The summed E-state index contributed by atoms with van der Waals surface area (Å²) < 4.78 is 16.3. The number of thioether (sulfide) groups is 1. The van der Waals surface area contributed by atoms with Crippen molar-refractivity contribution in [2.24, 2.45) is 0 Å². The first-order chi connectivity index (χ1) is 10.2. The maximum Gasteiger partial charge on any atom is 0.124 e. The quantitative estimate of drug-likeness (QED) is 0.737. The molecule has 0 saturated heterocycles. The number of hydrogen-bond donors (Lipinski definition) is 1. The van der Waals surface area contributed by atoms with Crippen LogP contribution in [0.25, 0.3) is 0 Å². The molecular weight excluding hydrogens is 353 g/mol. The fourth-order valence-corrected chi connectivity index (χ4v) is 3.77. The summed E-state index contributed by atoms with van der Waals surface area (Å²) in [5.41, 5.74) is 1.14. The van der Waals surface area contributed by atoms with Crippen molar-refractivity contribution in [3.05, 3.63) is 46.4 Å². The molecule has 0 aliphatic rings. The molecule has 0 amide bonds. The third-order valence-electron chi connectivity index (χ3n) is 3.16. The van der Waals surface area contributed by atoms with E-state index in [0.717, 1.165) is 33.8 Å². The summed E-state index contributed by atoms with van der Waals surface area (Å²) in [5, 5.41) is 7.73. The lowest BCUT2D eigenvalue weighted by molar-refractivity contribution is 0.523. The van der Waals surface area contributed by atoms with Crippen LogP contribution >= 0.6 is 27.7 Å². The lowest BCUT2D eigenvalue weighted by Crippen LogP contribution is -2.23. The van der Waals surface area contributed by atoms with Crippen molar-refractivity contribution in [3.8, 4) is 0 Å². The standard InChI is InChI=1S/C15H19BrFN3S/c1-3-7-20-15(13(16)9-19-20)14(18-2)10-21-12-6-4-5-11(17)8-12/h4-6,8-9,14,18H,3,7,10H2,1-2H3. The Kier molecular flexibility index (Phi) is 6.26. The molecule has 3 nitrogen and oxygen atoms in total. The van der Waals surface area contributed by atoms with Crippen molar-refractivity contribution in [2.75, 3.05) is 12.8 Å². The summed E-state index contributed by atoms with van der Waals surface area (Å²) in [4.78, 5) is 0.938. The highest BCUT2D eigenvalue weighted by molar-refractivity contribution is 9.10. The van der Waals surface area contributed by atoms with Crippen LogP contribution in [-0.4, -0.2) is 22.6 Å². The predicted octanol–water partition coefficient (Wildman–Crippen LogP) is 4.25. The highest BCUT2D eigenvalue weighted by atomic mass is 79.9. The minimum Gasteiger partial charge on any atom is -0.311 e. The monoisotopic (exact) mass is 371 g/mol. The number of aryl methyl sites for hydroxylation is 1. The summed E-state index contributed by atoms with van der Waals surface area (Å²) in [5.74, 6) is 0.617. The molecule has 2 rings (SSSR count). The molecule has 21 heavy (non-hydrogen) atoms. The summed E-state index contributed by atoms with van der Waals surface area (Å²) in [7, 11) is 1.94. The smallest absolute Gasteiger partial charge is 0.124 e. The number of halogens is 2. The van der Waals surface area contributed by atoms with Crippen LogP contribution in [0, 0.1) is 5.82 Å². The highest BCUT2D eigenvalue weighted by Crippen LogP contribution is 2.29. The average molecular weight is 372 g/mol. The molecular formula is C15H19BrFN3S. The average Bonchev–Trinajstić information content (AvgIpc) is 2.82. The van der Waals surface area contributed by atoms with Crippen LogP contribution in [0.1, 0.15) is 25.1 Å². The predicted molar refractivity (Wildman–Crippen MR) is 89.1 cm³/mol. The van der Waals surface area contributed by atoms with Gasteiger partial charge in [-0.05, 0) is 47.6 Å². The fourth-order valence-electron chi connectivity index (χ4n) is 2.14. The molecule has 1 heterocycles. The number of hydrogen-bond acceptors (Lipinski definition) is 3. The van der Waals surface area contributed by atoms with Crippen LogP contribution in [0.2, 0.25) is 0 Å². The number of nitrogens with one attached hydrogen (secondary N) is 1. The summed E-state index contributed by atoms with van der Waals surface area (Å²) >= 11 is 5.21. The first-order valence-corrected chi connectivity index (χ1v) is 8.70. The van der Waals surface area contributed by atoms with E-state index in [1.165, 1.54) is 6.07 Å². The van der Waals surface area contributed by atoms with Gasteiger partial charge in [-0.15, -0.1) is 11.8 Å². The fraction of sp³-hybridized carbons (Fsp3) is 0.400. The molecule has 0 bridgehead atoms. The Morgan fingerprint density at radius 1 is 1.48 bits per heavy atom. The molecule has 0 fully saturated rings. The Morgan fingerprint density at radius 3 is 2.95 bits per heavy atom. The summed E-state index contributed by atoms with van der Waals surface area (Å²) in [6, 6.07) is 6.85. The molecule has 0 saturated carbocycles. The third kappa shape index (κ3) is 4.31. The molecule has 114 valence electrons. The lowest BCUT2D eigenvalue weighted by atomic mass is 10.2. The number of rotatable bonds is 7. The molecule has 0 spiro atoms. The van der Waals surface area contributed by atoms with Crippen LogP contribution < -0.4 is 5.32 Å². The molecule has 0 aliphatic carbocycles. The van der Waals surface area contributed by atoms with Crippen molar-refractivity contribution in [2.45, 2.75) is 30.8 Å². The normalized spacial score (nSPS) is 12.6. The van der Waals surface area contributed by atoms with Crippen molar-refractivity contribution >= 4 is 27.7 Å². The SMILES string of the molecule is CCCn1ncc(Br)c1C(CSc1cccc(F)c1)NC. The van der Waals surface area contributed by atoms with E-state index in [1.807, 2.05) is 24.0 Å². The Bertz CT molecular complexity index is 588. The Hall–Kier alpha value is -0.850. The van der Waals surface area contributed by atoms with Gasteiger partial charge in [-0.1, -0.05) is 13.0 Å². The molecule has 0 aliphatic heterocycles. The minimum atomic E-state index is -0.196. The van der Waals surface area contributed by atoms with Crippen LogP contribution in [0.4, 0.5) is 4.39 Å². The zero-order chi connectivity index (χ0) is 15.2. The second kappa shape index (κ2) is 7.96. The van der Waals surface area contributed by atoms with Crippen LogP contribution in [0.3, 0.4) is 0 Å². The molecule has 6 heteroatoms. The number of aromatic nitrogens is 2. The van der Waals surface area contributed by atoms with Crippen molar-refractivity contribution in [1.29, 1.82) is 0 Å². The van der Waals surface area contributed by atoms with Gasteiger partial charge < -0.3 is 5.32 Å². The third-order valence-corrected chi connectivity index (χ3v) is 4.86. The first kappa shape index (κ1) is 16.5. The maximum absolute atomic E-state index is 13.2. The lowest BCUT2D eigenvalue weighted by Gasteiger charge is -2.18. The molecule has 1 atom stereocenters. The van der Waals surface area contributed by atoms with E-state index in [4.69, 9.17) is 0 Å². The summed E-state index contributed by atoms with van der Waals surface area (Å²) in [6.07, 6.45) is 2.87. The van der Waals surface area contributed by atoms with E-state index < -0.39 is 0 Å². The molecule has 1 aromatic heterocycles. The molecule has 2 aromatic rings. The second-order valence-electron chi connectivity index (χ2n) is 4.71. The van der Waals surface area contributed by atoms with E-state index in [9.17, 15) is 4.39 Å². The Morgan fingerprint density at radius 2 is 2.29 bits per heavy atom. The van der Waals surface area contributed by atoms with Crippen LogP contribution in [0.15, 0.2) is 39.8 Å². The van der Waals surface area contributed by atoms with Gasteiger partial charge in [0, 0.05) is 17.2 Å². The van der Waals surface area contributed by atoms with Gasteiger partial charge in [0.05, 0.1) is 22.4 Å². The first-order valence-electron chi connectivity index (χ1n) is 6.92. The number of nitrogens with zero attached hydrogens (tertiary/aromatic N) is 2. The zero-order valence-corrected chi connectivity index (χ0v) is 14.5. The summed E-state index contributed by atoms with van der Waals surface area (Å²) in [6.45, 7) is 3.03. The van der Waals surface area contributed by atoms with Gasteiger partial charge in [-0.25, -0.2) is 4.39 Å². The van der Waals surface area contributed by atoms with Gasteiger partial charge in [0.25, 0.3) is 0 Å². The highest BCUT2D eigenvalue weighted by Gasteiger charge is 2.18. The van der Waals surface area contributed by atoms with Gasteiger partial charge in [-0.3, -0.25) is 4.68 Å². The zero-order valence-electron chi connectivity index (χ0n) is 12.1. The van der Waals surface area contributed by atoms with Gasteiger partial charge in [0.15, 0.2) is 0 Å². The van der Waals surface area contributed by atoms with Gasteiger partial charge >= 0.3 is 0 Å². The molecule has 0 radical (unpaired) electrons. The van der Waals surface area contributed by atoms with E-state index in [-0.39, 0.29) is 11.9 Å². The Labute approximate surface area is 137 Å². The molecule has 1 aromatic carbocycles. The van der Waals surface area contributed by atoms with Crippen molar-refractivity contribution in [1.82, 2.24) is 15.1 Å². The van der Waals surface area contributed by atoms with E-state index >= 15 is 0 Å². The van der Waals surface area contributed by atoms with E-state index in [0.29, 0.717) is 0 Å². The maximum atomic E-state index is 13.2. The minimum absolute atomic E-state index is 0.154. The van der Waals surface area contributed by atoms with Gasteiger partial charge in [0.2, 0.25) is 0 Å². The van der Waals surface area contributed by atoms with Crippen LogP contribution in [0.5, 0.6) is 0 Å². The topological polar surface area (TPSA) is 29.9 Å². The van der Waals surface area contributed by atoms with Gasteiger partial charge in [-0.2, -0.15) is 5.10 Å². The largest absolute Gasteiger partial charge is 0.311 e. The van der Waals surface area contributed by atoms with Crippen LogP contribution in [-0.2, 0) is 6.54 Å². The molecule has 1 N–H and O–H groups in total. The number of benzene rings is 1. The van der Waals surface area contributed by atoms with Crippen molar-refractivity contribution < 1.29 is 4.39 Å². The van der Waals surface area contributed by atoms with E-state index in [2.05, 4.69) is 33.3 Å². The Balaban J connectivity index is 2.11. The van der Waals surface area contributed by atoms with Crippen molar-refractivity contribution in [3.63, 3.8) is 0 Å². The van der Waals surface area contributed by atoms with Gasteiger partial charge in [0.1, 0.15) is 5.82 Å².